The summed E-state index contributed by atoms with van der Waals surface area (Å²) >= 11 is 0. The molecule has 0 radical (unpaired) electrons. The van der Waals surface area contributed by atoms with Gasteiger partial charge in [0.2, 0.25) is 0 Å². The molecule has 2 aromatic rings. The van der Waals surface area contributed by atoms with Crippen LogP contribution in [0.3, 0.4) is 0 Å². The monoisotopic (exact) mass is 316 g/mol. The first kappa shape index (κ1) is 16.2. The van der Waals surface area contributed by atoms with E-state index >= 15 is 0 Å². The number of hydrogen-bond donors (Lipinski definition) is 2. The highest BCUT2D eigenvalue weighted by Crippen LogP contribution is 2.14. The lowest BCUT2D eigenvalue weighted by Crippen LogP contribution is -2.24. The summed E-state index contributed by atoms with van der Waals surface area (Å²) in [5, 5.41) is 12.7. The summed E-state index contributed by atoms with van der Waals surface area (Å²) in [6.07, 6.45) is 1.21. The predicted molar refractivity (Wildman–Crippen MR) is 81.0 cm³/mol. The number of carboxylic acids is 1. The largest absolute Gasteiger partial charge is 0.481 e. The minimum Gasteiger partial charge on any atom is -0.481 e. The summed E-state index contributed by atoms with van der Waals surface area (Å²) in [5.74, 6) is -2.30. The zero-order valence-corrected chi connectivity index (χ0v) is 11.9. The molecule has 6 nitrogen and oxygen atoms in total. The van der Waals surface area contributed by atoms with Crippen LogP contribution in [0.4, 0.5) is 4.39 Å². The molecule has 0 saturated heterocycles. The topological polar surface area (TPSA) is 88.0 Å². The third kappa shape index (κ3) is 4.63. The van der Waals surface area contributed by atoms with Gasteiger partial charge in [0, 0.05) is 5.56 Å². The lowest BCUT2D eigenvalue weighted by Gasteiger charge is -2.05. The molecule has 0 aliphatic rings. The third-order valence-corrected chi connectivity index (χ3v) is 2.78. The van der Waals surface area contributed by atoms with E-state index in [-0.39, 0.29) is 11.3 Å². The summed E-state index contributed by atoms with van der Waals surface area (Å²) in [6.45, 7) is -0.418. The Morgan fingerprint density at radius 3 is 2.61 bits per heavy atom. The Labute approximate surface area is 131 Å². The van der Waals surface area contributed by atoms with Crippen LogP contribution in [0.5, 0.6) is 5.75 Å². The number of hydrogen-bond acceptors (Lipinski definition) is 4. The van der Waals surface area contributed by atoms with Crippen LogP contribution >= 0.6 is 0 Å². The van der Waals surface area contributed by atoms with Crippen molar-refractivity contribution in [1.82, 2.24) is 5.43 Å². The number of nitrogens with one attached hydrogen (secondary N) is 1. The van der Waals surface area contributed by atoms with E-state index in [2.05, 4.69) is 10.5 Å². The van der Waals surface area contributed by atoms with Crippen LogP contribution in [0.25, 0.3) is 0 Å². The Bertz CT molecular complexity index is 746. The van der Waals surface area contributed by atoms with Gasteiger partial charge in [-0.3, -0.25) is 4.79 Å². The normalized spacial score (nSPS) is 10.5. The van der Waals surface area contributed by atoms with E-state index < -0.39 is 24.3 Å². The molecule has 0 atom stereocenters. The lowest BCUT2D eigenvalue weighted by atomic mass is 10.1. The maximum atomic E-state index is 13.3. The smallest absolute Gasteiger partial charge is 0.336 e. The first-order chi connectivity index (χ1) is 11.1. The number of carbonyl (C=O) groups excluding carboxylic acids is 1. The van der Waals surface area contributed by atoms with Crippen LogP contribution in [0, 0.1) is 5.82 Å². The van der Waals surface area contributed by atoms with Gasteiger partial charge in [-0.1, -0.05) is 30.3 Å². The van der Waals surface area contributed by atoms with Crippen molar-refractivity contribution in [2.45, 2.75) is 0 Å². The number of ether oxygens (including phenoxy) is 1. The van der Waals surface area contributed by atoms with Crippen LogP contribution in [0.2, 0.25) is 0 Å². The van der Waals surface area contributed by atoms with Crippen molar-refractivity contribution in [1.29, 1.82) is 0 Å². The second-order valence-corrected chi connectivity index (χ2v) is 4.40. The lowest BCUT2D eigenvalue weighted by molar-refractivity contribution is -0.123. The Morgan fingerprint density at radius 2 is 1.87 bits per heavy atom. The van der Waals surface area contributed by atoms with E-state index in [0.717, 1.165) is 0 Å². The van der Waals surface area contributed by atoms with Gasteiger partial charge in [-0.2, -0.15) is 5.10 Å². The minimum absolute atomic E-state index is 0.0390. The standard InChI is InChI=1S/C16H13FN2O4/c17-13-7-3-4-8-14(13)23-10-15(20)19-18-9-11-5-1-2-6-12(11)16(21)22/h1-9H,10H2,(H,19,20)(H,21,22)/b18-9+. The van der Waals surface area contributed by atoms with E-state index in [0.29, 0.717) is 5.56 Å². The fourth-order valence-corrected chi connectivity index (χ4v) is 1.72. The van der Waals surface area contributed by atoms with Gasteiger partial charge in [-0.25, -0.2) is 14.6 Å². The Hall–Kier alpha value is -3.22. The quantitative estimate of drug-likeness (QED) is 0.630. The van der Waals surface area contributed by atoms with Crippen molar-refractivity contribution in [2.24, 2.45) is 5.10 Å². The van der Waals surface area contributed by atoms with Crippen LogP contribution in [0.1, 0.15) is 15.9 Å². The number of para-hydroxylation sites is 1. The maximum Gasteiger partial charge on any atom is 0.336 e. The minimum atomic E-state index is -1.10. The molecule has 0 saturated carbocycles. The molecule has 2 rings (SSSR count). The molecule has 0 heterocycles. The maximum absolute atomic E-state index is 13.3. The van der Waals surface area contributed by atoms with Gasteiger partial charge in [-0.05, 0) is 18.2 Å². The predicted octanol–water partition coefficient (Wildman–Crippen LogP) is 2.05. The van der Waals surface area contributed by atoms with Gasteiger partial charge in [0.1, 0.15) is 0 Å². The fraction of sp³-hybridized carbons (Fsp3) is 0.0625. The molecule has 0 unspecified atom stereocenters. The Balaban J connectivity index is 1.90. The van der Waals surface area contributed by atoms with E-state index in [4.69, 9.17) is 9.84 Å². The van der Waals surface area contributed by atoms with Crippen molar-refractivity contribution in [3.8, 4) is 5.75 Å². The second-order valence-electron chi connectivity index (χ2n) is 4.40. The molecule has 0 aromatic heterocycles. The number of hydrazone groups is 1. The van der Waals surface area contributed by atoms with Crippen LogP contribution in [-0.4, -0.2) is 29.8 Å². The Kier molecular flexibility index (Phi) is 5.40. The number of carbonyl (C=O) groups is 2. The van der Waals surface area contributed by atoms with Crippen molar-refractivity contribution in [3.63, 3.8) is 0 Å². The van der Waals surface area contributed by atoms with Crippen LogP contribution in [0.15, 0.2) is 53.6 Å². The molecule has 0 fully saturated rings. The molecule has 7 heteroatoms. The highest BCUT2D eigenvalue weighted by atomic mass is 19.1. The number of nitrogens with zero attached hydrogens (tertiary/aromatic N) is 1. The molecule has 2 aromatic carbocycles. The summed E-state index contributed by atoms with van der Waals surface area (Å²) in [5.41, 5.74) is 2.58. The Morgan fingerprint density at radius 1 is 1.17 bits per heavy atom. The molecule has 2 N–H and O–H groups in total. The van der Waals surface area contributed by atoms with Gasteiger partial charge in [0.05, 0.1) is 11.8 Å². The number of amides is 1. The number of rotatable bonds is 6. The van der Waals surface area contributed by atoms with Gasteiger partial charge in [0.25, 0.3) is 5.91 Å². The number of halogens is 1. The summed E-state index contributed by atoms with van der Waals surface area (Å²) in [4.78, 5) is 22.6. The second kappa shape index (κ2) is 7.69. The summed E-state index contributed by atoms with van der Waals surface area (Å²) in [6, 6.07) is 11.9. The van der Waals surface area contributed by atoms with Gasteiger partial charge >= 0.3 is 5.97 Å². The number of benzene rings is 2. The SMILES string of the molecule is O=C(COc1ccccc1F)N/N=C/c1ccccc1C(=O)O. The number of carboxylic acid groups (broad SMARTS) is 1. The third-order valence-electron chi connectivity index (χ3n) is 2.78. The van der Waals surface area contributed by atoms with Gasteiger partial charge < -0.3 is 9.84 Å². The molecular formula is C16H13FN2O4. The molecule has 0 aliphatic heterocycles. The zero-order valence-electron chi connectivity index (χ0n) is 11.9. The van der Waals surface area contributed by atoms with E-state index in [1.54, 1.807) is 24.3 Å². The fourth-order valence-electron chi connectivity index (χ4n) is 1.72. The van der Waals surface area contributed by atoms with E-state index in [9.17, 15) is 14.0 Å². The molecule has 0 bridgehead atoms. The highest BCUT2D eigenvalue weighted by molar-refractivity contribution is 5.98. The van der Waals surface area contributed by atoms with E-state index in [1.807, 2.05) is 0 Å². The molecule has 118 valence electrons. The van der Waals surface area contributed by atoms with Crippen LogP contribution in [-0.2, 0) is 4.79 Å². The molecule has 1 amide bonds. The average Bonchev–Trinajstić information content (AvgIpc) is 2.54. The highest BCUT2D eigenvalue weighted by Gasteiger charge is 2.07. The first-order valence-corrected chi connectivity index (χ1v) is 6.59. The van der Waals surface area contributed by atoms with Crippen molar-refractivity contribution >= 4 is 18.1 Å². The zero-order chi connectivity index (χ0) is 16.7. The molecule has 0 aliphatic carbocycles. The van der Waals surface area contributed by atoms with E-state index in [1.165, 1.54) is 30.5 Å². The first-order valence-electron chi connectivity index (χ1n) is 6.59. The summed E-state index contributed by atoms with van der Waals surface area (Å²) < 4.78 is 18.3. The van der Waals surface area contributed by atoms with Gasteiger partial charge in [-0.15, -0.1) is 0 Å². The molecular weight excluding hydrogens is 303 g/mol. The summed E-state index contributed by atoms with van der Waals surface area (Å²) in [7, 11) is 0. The van der Waals surface area contributed by atoms with Crippen molar-refractivity contribution in [2.75, 3.05) is 6.61 Å². The van der Waals surface area contributed by atoms with Crippen molar-refractivity contribution in [3.05, 3.63) is 65.5 Å². The van der Waals surface area contributed by atoms with Crippen molar-refractivity contribution < 1.29 is 23.8 Å². The average molecular weight is 316 g/mol. The molecule has 0 spiro atoms. The number of aromatic carboxylic acids is 1. The van der Waals surface area contributed by atoms with Gasteiger partial charge in [0.15, 0.2) is 18.2 Å². The molecule has 23 heavy (non-hydrogen) atoms. The van der Waals surface area contributed by atoms with Crippen LogP contribution < -0.4 is 10.2 Å².